The Kier molecular flexibility index (Phi) is 7.76. The Morgan fingerprint density at radius 1 is 1.29 bits per heavy atom. The van der Waals surface area contributed by atoms with Gasteiger partial charge in [-0.25, -0.2) is 0 Å². The first-order valence-corrected chi connectivity index (χ1v) is 7.73. The Labute approximate surface area is 134 Å². The molecule has 1 aromatic rings. The summed E-state index contributed by atoms with van der Waals surface area (Å²) in [6, 6.07) is 8.64. The number of rotatable bonds is 6. The summed E-state index contributed by atoms with van der Waals surface area (Å²) in [5.41, 5.74) is 2.62. The number of halogens is 1. The second kappa shape index (κ2) is 9.06. The predicted molar refractivity (Wildman–Crippen MR) is 90.0 cm³/mol. The van der Waals surface area contributed by atoms with Gasteiger partial charge < -0.3 is 10.2 Å². The second-order valence-corrected chi connectivity index (χ2v) is 5.72. The molecule has 0 bridgehead atoms. The van der Waals surface area contributed by atoms with Crippen molar-refractivity contribution in [3.05, 3.63) is 35.4 Å². The van der Waals surface area contributed by atoms with Gasteiger partial charge >= 0.3 is 0 Å². The number of nitrogens with zero attached hydrogens (tertiary/aromatic N) is 1. The van der Waals surface area contributed by atoms with Crippen molar-refractivity contribution >= 4 is 18.3 Å². The molecular formula is C17H27ClN2O. The number of carbonyl (C=O) groups is 1. The van der Waals surface area contributed by atoms with Gasteiger partial charge in [0.05, 0.1) is 0 Å². The van der Waals surface area contributed by atoms with E-state index in [4.69, 9.17) is 0 Å². The van der Waals surface area contributed by atoms with Crippen molar-refractivity contribution in [1.82, 2.24) is 10.2 Å². The number of likely N-dealkylation sites (tertiary alicyclic amines) is 1. The number of amides is 1. The minimum absolute atomic E-state index is 0. The number of hydrogen-bond donors (Lipinski definition) is 1. The van der Waals surface area contributed by atoms with Gasteiger partial charge in [-0.1, -0.05) is 31.2 Å². The molecule has 1 aliphatic heterocycles. The summed E-state index contributed by atoms with van der Waals surface area (Å²) in [5.74, 6) is 0.941. The molecule has 1 aromatic carbocycles. The van der Waals surface area contributed by atoms with E-state index >= 15 is 0 Å². The molecular weight excluding hydrogens is 284 g/mol. The Morgan fingerprint density at radius 3 is 2.57 bits per heavy atom. The van der Waals surface area contributed by atoms with E-state index < -0.39 is 0 Å². The summed E-state index contributed by atoms with van der Waals surface area (Å²) in [4.78, 5) is 14.2. The maximum atomic E-state index is 12.2. The van der Waals surface area contributed by atoms with Crippen LogP contribution in [0.4, 0.5) is 0 Å². The molecule has 0 aromatic heterocycles. The van der Waals surface area contributed by atoms with Gasteiger partial charge in [0.15, 0.2) is 0 Å². The Bertz CT molecular complexity index is 433. The second-order valence-electron chi connectivity index (χ2n) is 5.72. The van der Waals surface area contributed by atoms with Gasteiger partial charge in [-0.3, -0.25) is 4.79 Å². The molecule has 4 heteroatoms. The summed E-state index contributed by atoms with van der Waals surface area (Å²) in [6.45, 7) is 5.03. The molecule has 1 fully saturated rings. The van der Waals surface area contributed by atoms with E-state index in [1.54, 1.807) is 0 Å². The van der Waals surface area contributed by atoms with Gasteiger partial charge in [-0.15, -0.1) is 12.4 Å². The number of hydrogen-bond acceptors (Lipinski definition) is 2. The van der Waals surface area contributed by atoms with Crippen LogP contribution in [0, 0.1) is 5.92 Å². The van der Waals surface area contributed by atoms with Gasteiger partial charge in [-0.05, 0) is 49.9 Å². The quantitative estimate of drug-likeness (QED) is 0.876. The molecule has 2 rings (SSSR count). The lowest BCUT2D eigenvalue weighted by Crippen LogP contribution is -2.30. The molecule has 0 saturated carbocycles. The maximum absolute atomic E-state index is 12.2. The normalized spacial score (nSPS) is 17.6. The molecule has 1 unspecified atom stereocenters. The summed E-state index contributed by atoms with van der Waals surface area (Å²) in [6.07, 6.45) is 3.70. The topological polar surface area (TPSA) is 32.3 Å². The van der Waals surface area contributed by atoms with Crippen molar-refractivity contribution in [3.63, 3.8) is 0 Å². The molecule has 3 nitrogen and oxygen atoms in total. The minimum Gasteiger partial charge on any atom is -0.342 e. The zero-order valence-electron chi connectivity index (χ0n) is 13.1. The third-order valence-corrected chi connectivity index (χ3v) is 4.19. The average Bonchev–Trinajstić information content (AvgIpc) is 2.94. The van der Waals surface area contributed by atoms with Gasteiger partial charge in [0.25, 0.3) is 0 Å². The van der Waals surface area contributed by atoms with E-state index in [1.807, 2.05) is 11.9 Å². The average molecular weight is 311 g/mol. The van der Waals surface area contributed by atoms with Crippen LogP contribution in [-0.4, -0.2) is 37.5 Å². The van der Waals surface area contributed by atoms with Crippen LogP contribution in [0.1, 0.15) is 30.9 Å². The van der Waals surface area contributed by atoms with Crippen LogP contribution < -0.4 is 5.32 Å². The van der Waals surface area contributed by atoms with Crippen molar-refractivity contribution in [2.24, 2.45) is 5.92 Å². The van der Waals surface area contributed by atoms with Crippen LogP contribution in [0.25, 0.3) is 0 Å². The smallest absolute Gasteiger partial charge is 0.222 e. The highest BCUT2D eigenvalue weighted by molar-refractivity contribution is 5.85. The maximum Gasteiger partial charge on any atom is 0.222 e. The lowest BCUT2D eigenvalue weighted by Gasteiger charge is -2.16. The van der Waals surface area contributed by atoms with Crippen LogP contribution in [0.2, 0.25) is 0 Å². The molecule has 0 radical (unpaired) electrons. The van der Waals surface area contributed by atoms with E-state index in [9.17, 15) is 4.79 Å². The zero-order valence-corrected chi connectivity index (χ0v) is 13.9. The Morgan fingerprint density at radius 2 is 1.95 bits per heavy atom. The Balaban J connectivity index is 0.00000220. The molecule has 21 heavy (non-hydrogen) atoms. The van der Waals surface area contributed by atoms with Crippen LogP contribution >= 0.6 is 12.4 Å². The summed E-state index contributed by atoms with van der Waals surface area (Å²) in [7, 11) is 1.98. The van der Waals surface area contributed by atoms with Crippen molar-refractivity contribution in [3.8, 4) is 0 Å². The number of carbonyl (C=O) groups excluding carboxylic acids is 1. The van der Waals surface area contributed by atoms with Gasteiger partial charge in [0, 0.05) is 19.5 Å². The summed E-state index contributed by atoms with van der Waals surface area (Å²) >= 11 is 0. The highest BCUT2D eigenvalue weighted by Crippen LogP contribution is 2.17. The minimum atomic E-state index is 0. The molecule has 1 saturated heterocycles. The number of nitrogens with one attached hydrogen (secondary N) is 1. The van der Waals surface area contributed by atoms with Crippen LogP contribution in [-0.2, 0) is 17.6 Å². The van der Waals surface area contributed by atoms with Crippen LogP contribution in [0.5, 0.6) is 0 Å². The predicted octanol–water partition coefficient (Wildman–Crippen LogP) is 2.67. The first-order chi connectivity index (χ1) is 9.72. The number of aryl methyl sites for hydroxylation is 2. The molecule has 1 aliphatic rings. The fourth-order valence-corrected chi connectivity index (χ4v) is 2.87. The molecule has 1 heterocycles. The van der Waals surface area contributed by atoms with Crippen molar-refractivity contribution in [1.29, 1.82) is 0 Å². The third kappa shape index (κ3) is 5.33. The fourth-order valence-electron chi connectivity index (χ4n) is 2.87. The number of benzene rings is 1. The molecule has 118 valence electrons. The monoisotopic (exact) mass is 310 g/mol. The van der Waals surface area contributed by atoms with Crippen molar-refractivity contribution < 1.29 is 4.79 Å². The fraction of sp³-hybridized carbons (Fsp3) is 0.588. The lowest BCUT2D eigenvalue weighted by atomic mass is 10.1. The SMILES string of the molecule is CCc1ccc(CCC(=O)N2CCC(CNC)C2)cc1.Cl. The third-order valence-electron chi connectivity index (χ3n) is 4.19. The van der Waals surface area contributed by atoms with E-state index in [2.05, 4.69) is 36.5 Å². The van der Waals surface area contributed by atoms with Crippen LogP contribution in [0.3, 0.4) is 0 Å². The lowest BCUT2D eigenvalue weighted by molar-refractivity contribution is -0.130. The van der Waals surface area contributed by atoms with E-state index in [-0.39, 0.29) is 12.4 Å². The molecule has 0 aliphatic carbocycles. The first kappa shape index (κ1) is 18.0. The van der Waals surface area contributed by atoms with Gasteiger partial charge in [-0.2, -0.15) is 0 Å². The van der Waals surface area contributed by atoms with Crippen molar-refractivity contribution in [2.45, 2.75) is 32.6 Å². The molecule has 1 N–H and O–H groups in total. The highest BCUT2D eigenvalue weighted by atomic mass is 35.5. The van der Waals surface area contributed by atoms with Crippen LogP contribution in [0.15, 0.2) is 24.3 Å². The van der Waals surface area contributed by atoms with Gasteiger partial charge in [0.1, 0.15) is 0 Å². The highest BCUT2D eigenvalue weighted by Gasteiger charge is 2.25. The van der Waals surface area contributed by atoms with Crippen molar-refractivity contribution in [2.75, 3.05) is 26.7 Å². The Hall–Kier alpha value is -1.06. The van der Waals surface area contributed by atoms with Gasteiger partial charge in [0.2, 0.25) is 5.91 Å². The molecule has 1 atom stereocenters. The first-order valence-electron chi connectivity index (χ1n) is 7.73. The van der Waals surface area contributed by atoms with E-state index in [0.29, 0.717) is 18.2 Å². The van der Waals surface area contributed by atoms with E-state index in [0.717, 1.165) is 38.9 Å². The zero-order chi connectivity index (χ0) is 14.4. The standard InChI is InChI=1S/C17H26N2O.ClH/c1-3-14-4-6-15(7-5-14)8-9-17(20)19-11-10-16(13-19)12-18-2;/h4-7,16,18H,3,8-13H2,1-2H3;1H. The summed E-state index contributed by atoms with van der Waals surface area (Å²) < 4.78 is 0. The van der Waals surface area contributed by atoms with E-state index in [1.165, 1.54) is 11.1 Å². The summed E-state index contributed by atoms with van der Waals surface area (Å²) in [5, 5.41) is 3.20. The molecule has 0 spiro atoms. The molecule has 1 amide bonds. The largest absolute Gasteiger partial charge is 0.342 e.